The van der Waals surface area contributed by atoms with E-state index in [-0.39, 0.29) is 5.41 Å². The van der Waals surface area contributed by atoms with Gasteiger partial charge in [0.1, 0.15) is 0 Å². The maximum absolute atomic E-state index is 2.51. The molecule has 244 valence electrons. The Morgan fingerprint density at radius 1 is 0.365 bits per heavy atom. The molecule has 0 radical (unpaired) electrons. The quantitative estimate of drug-likeness (QED) is 0.166. The number of nitrogens with zero attached hydrogens (tertiary/aromatic N) is 1. The highest BCUT2D eigenvalue weighted by Crippen LogP contribution is 2.51. The van der Waals surface area contributed by atoms with Crippen LogP contribution < -0.4 is 0 Å². The molecule has 10 aromatic rings. The molecule has 0 saturated heterocycles. The lowest BCUT2D eigenvalue weighted by atomic mass is 9.81. The third-order valence-corrected chi connectivity index (χ3v) is 11.8. The van der Waals surface area contributed by atoms with Gasteiger partial charge in [-0.05, 0) is 96.4 Å². The standard InChI is InChI=1S/C51H35N/c1-51(2)45-20-10-7-15-37(45)38-27-26-36(31-46(38)51)49-41-18-5-6-19-42(41)50(52-47-21-11-8-16-39(47)40-17-9-12-22-48(40)52)43-28-25-35(30-44(43)49)34-24-23-32-13-3-4-14-33(32)29-34/h3-31H,1-2H3. The van der Waals surface area contributed by atoms with Crippen LogP contribution in [0.5, 0.6) is 0 Å². The van der Waals surface area contributed by atoms with Crippen molar-refractivity contribution in [2.24, 2.45) is 0 Å². The van der Waals surface area contributed by atoms with Crippen molar-refractivity contribution in [2.45, 2.75) is 19.3 Å². The van der Waals surface area contributed by atoms with Crippen molar-refractivity contribution in [3.8, 4) is 39.1 Å². The van der Waals surface area contributed by atoms with Crippen LogP contribution in [-0.4, -0.2) is 4.57 Å². The van der Waals surface area contributed by atoms with Crippen LogP contribution in [0, 0.1) is 0 Å². The van der Waals surface area contributed by atoms with Crippen LogP contribution >= 0.6 is 0 Å². The first-order chi connectivity index (χ1) is 25.6. The van der Waals surface area contributed by atoms with Crippen LogP contribution in [0.2, 0.25) is 0 Å². The van der Waals surface area contributed by atoms with Gasteiger partial charge in [0.05, 0.1) is 16.7 Å². The van der Waals surface area contributed by atoms with E-state index >= 15 is 0 Å². The van der Waals surface area contributed by atoms with Gasteiger partial charge in [-0.3, -0.25) is 0 Å². The Morgan fingerprint density at radius 2 is 0.923 bits per heavy atom. The molecule has 0 unspecified atom stereocenters. The molecule has 9 aromatic carbocycles. The predicted octanol–water partition coefficient (Wildman–Crippen LogP) is 13.9. The van der Waals surface area contributed by atoms with Crippen molar-refractivity contribution < 1.29 is 0 Å². The third kappa shape index (κ3) is 4.05. The van der Waals surface area contributed by atoms with Gasteiger partial charge in [0.2, 0.25) is 0 Å². The first-order valence-electron chi connectivity index (χ1n) is 18.3. The SMILES string of the molecule is CC1(C)c2ccccc2-c2ccc(-c3c4ccccc4c(-n4c5ccccc5c5ccccc54)c4ccc(-c5ccc6ccccc6c5)cc34)cc21. The van der Waals surface area contributed by atoms with Crippen LogP contribution in [0.15, 0.2) is 176 Å². The van der Waals surface area contributed by atoms with E-state index in [2.05, 4.69) is 194 Å². The lowest BCUT2D eigenvalue weighted by molar-refractivity contribution is 0.660. The van der Waals surface area contributed by atoms with E-state index < -0.39 is 0 Å². The number of rotatable bonds is 3. The van der Waals surface area contributed by atoms with Crippen molar-refractivity contribution in [1.82, 2.24) is 4.57 Å². The summed E-state index contributed by atoms with van der Waals surface area (Å²) in [5, 5.41) is 10.1. The average molecular weight is 662 g/mol. The van der Waals surface area contributed by atoms with Gasteiger partial charge in [-0.2, -0.15) is 0 Å². The maximum Gasteiger partial charge on any atom is 0.0619 e. The van der Waals surface area contributed by atoms with E-state index in [0.717, 1.165) is 0 Å². The maximum atomic E-state index is 2.51. The minimum absolute atomic E-state index is 0.0906. The van der Waals surface area contributed by atoms with Crippen LogP contribution in [0.25, 0.3) is 93.2 Å². The van der Waals surface area contributed by atoms with E-state index in [1.165, 1.54) is 104 Å². The molecule has 1 aliphatic carbocycles. The van der Waals surface area contributed by atoms with E-state index in [1.807, 2.05) is 0 Å². The fourth-order valence-electron chi connectivity index (χ4n) is 9.28. The molecule has 0 N–H and O–H groups in total. The normalized spacial score (nSPS) is 13.3. The van der Waals surface area contributed by atoms with Crippen LogP contribution in [0.3, 0.4) is 0 Å². The number of aromatic nitrogens is 1. The fourth-order valence-corrected chi connectivity index (χ4v) is 9.28. The van der Waals surface area contributed by atoms with Gasteiger partial charge in [-0.1, -0.05) is 159 Å². The molecular weight excluding hydrogens is 627 g/mol. The Labute approximate surface area is 303 Å². The number of para-hydroxylation sites is 2. The van der Waals surface area contributed by atoms with E-state index in [0.29, 0.717) is 0 Å². The molecule has 0 bridgehead atoms. The van der Waals surface area contributed by atoms with Crippen molar-refractivity contribution in [3.05, 3.63) is 187 Å². The summed E-state index contributed by atoms with van der Waals surface area (Å²) in [6, 6.07) is 65.5. The first-order valence-corrected chi connectivity index (χ1v) is 18.3. The fraction of sp³-hybridized carbons (Fsp3) is 0.0588. The zero-order chi connectivity index (χ0) is 34.6. The molecule has 0 aliphatic heterocycles. The molecule has 0 saturated carbocycles. The van der Waals surface area contributed by atoms with Gasteiger partial charge in [-0.15, -0.1) is 0 Å². The Hall–Kier alpha value is -6.44. The molecule has 0 atom stereocenters. The average Bonchev–Trinajstić information content (AvgIpc) is 3.64. The van der Waals surface area contributed by atoms with Gasteiger partial charge in [-0.25, -0.2) is 0 Å². The van der Waals surface area contributed by atoms with Crippen molar-refractivity contribution in [1.29, 1.82) is 0 Å². The zero-order valence-corrected chi connectivity index (χ0v) is 29.2. The smallest absolute Gasteiger partial charge is 0.0619 e. The highest BCUT2D eigenvalue weighted by molar-refractivity contribution is 6.21. The van der Waals surface area contributed by atoms with Crippen molar-refractivity contribution in [3.63, 3.8) is 0 Å². The molecule has 1 heteroatoms. The molecule has 52 heavy (non-hydrogen) atoms. The number of hydrogen-bond donors (Lipinski definition) is 0. The predicted molar refractivity (Wildman–Crippen MR) is 222 cm³/mol. The molecule has 1 heterocycles. The molecule has 1 aromatic heterocycles. The summed E-state index contributed by atoms with van der Waals surface area (Å²) in [6.07, 6.45) is 0. The second kappa shape index (κ2) is 10.8. The minimum Gasteiger partial charge on any atom is -0.308 e. The third-order valence-electron chi connectivity index (χ3n) is 11.8. The van der Waals surface area contributed by atoms with Gasteiger partial charge < -0.3 is 4.57 Å². The number of benzene rings is 9. The largest absolute Gasteiger partial charge is 0.308 e. The summed E-state index contributed by atoms with van der Waals surface area (Å²) in [5.41, 5.74) is 14.0. The minimum atomic E-state index is -0.0906. The monoisotopic (exact) mass is 661 g/mol. The molecular formula is C51H35N. The molecule has 1 aliphatic rings. The Bertz CT molecular complexity index is 3050. The van der Waals surface area contributed by atoms with E-state index in [4.69, 9.17) is 0 Å². The Morgan fingerprint density at radius 3 is 1.71 bits per heavy atom. The highest BCUT2D eigenvalue weighted by atomic mass is 15.0. The topological polar surface area (TPSA) is 4.93 Å². The summed E-state index contributed by atoms with van der Waals surface area (Å²) in [6.45, 7) is 4.75. The molecule has 0 amide bonds. The molecule has 0 fully saturated rings. The van der Waals surface area contributed by atoms with Gasteiger partial charge in [0, 0.05) is 27.0 Å². The summed E-state index contributed by atoms with van der Waals surface area (Å²) >= 11 is 0. The highest BCUT2D eigenvalue weighted by Gasteiger charge is 2.35. The second-order valence-electron chi connectivity index (χ2n) is 14.9. The Balaban J connectivity index is 1.27. The van der Waals surface area contributed by atoms with Crippen LogP contribution in [-0.2, 0) is 5.41 Å². The van der Waals surface area contributed by atoms with Gasteiger partial charge in [0.15, 0.2) is 0 Å². The summed E-state index contributed by atoms with van der Waals surface area (Å²) in [5.74, 6) is 0. The molecule has 11 rings (SSSR count). The Kier molecular flexibility index (Phi) is 6.08. The summed E-state index contributed by atoms with van der Waals surface area (Å²) in [7, 11) is 0. The second-order valence-corrected chi connectivity index (χ2v) is 14.9. The van der Waals surface area contributed by atoms with Crippen LogP contribution in [0.1, 0.15) is 25.0 Å². The lowest BCUT2D eigenvalue weighted by Crippen LogP contribution is -2.14. The van der Waals surface area contributed by atoms with Gasteiger partial charge in [0.25, 0.3) is 0 Å². The molecule has 0 spiro atoms. The summed E-state index contributed by atoms with van der Waals surface area (Å²) < 4.78 is 2.51. The number of hydrogen-bond acceptors (Lipinski definition) is 0. The van der Waals surface area contributed by atoms with Crippen molar-refractivity contribution in [2.75, 3.05) is 0 Å². The summed E-state index contributed by atoms with van der Waals surface area (Å²) in [4.78, 5) is 0. The van der Waals surface area contributed by atoms with Crippen molar-refractivity contribution >= 4 is 54.1 Å². The van der Waals surface area contributed by atoms with E-state index in [1.54, 1.807) is 0 Å². The van der Waals surface area contributed by atoms with Gasteiger partial charge >= 0.3 is 0 Å². The van der Waals surface area contributed by atoms with Crippen LogP contribution in [0.4, 0.5) is 0 Å². The molecule has 1 nitrogen and oxygen atoms in total. The lowest BCUT2D eigenvalue weighted by Gasteiger charge is -2.23. The zero-order valence-electron chi connectivity index (χ0n) is 29.2. The first kappa shape index (κ1) is 29.3. The number of fused-ring (bicyclic) bond motifs is 9. The van der Waals surface area contributed by atoms with E-state index in [9.17, 15) is 0 Å².